The van der Waals surface area contributed by atoms with E-state index in [-0.39, 0.29) is 23.8 Å². The molecule has 1 aromatic rings. The number of hydrogen-bond donors (Lipinski definition) is 3. The van der Waals surface area contributed by atoms with Gasteiger partial charge in [0.05, 0.1) is 11.3 Å². The first-order valence-electron chi connectivity index (χ1n) is 5.86. The lowest BCUT2D eigenvalue weighted by molar-refractivity contribution is -0.136. The molecule has 0 saturated heterocycles. The van der Waals surface area contributed by atoms with Crippen molar-refractivity contribution >= 4 is 21.9 Å². The monoisotopic (exact) mass is 300 g/mol. The Morgan fingerprint density at radius 1 is 1.20 bits per heavy atom. The van der Waals surface area contributed by atoms with Crippen molar-refractivity contribution in [3.05, 3.63) is 29.8 Å². The number of aliphatic carboxylic acids is 1. The zero-order chi connectivity index (χ0) is 15.2. The van der Waals surface area contributed by atoms with Crippen LogP contribution in [0.2, 0.25) is 0 Å². The predicted octanol–water partition coefficient (Wildman–Crippen LogP) is 0.0757. The van der Waals surface area contributed by atoms with E-state index in [9.17, 15) is 18.0 Å². The van der Waals surface area contributed by atoms with Gasteiger partial charge in [-0.15, -0.1) is 0 Å². The van der Waals surface area contributed by atoms with Crippen LogP contribution in [0.5, 0.6) is 0 Å². The van der Waals surface area contributed by atoms with E-state index >= 15 is 0 Å². The maximum absolute atomic E-state index is 11.8. The fourth-order valence-corrected chi connectivity index (χ4v) is 2.42. The average Bonchev–Trinajstić information content (AvgIpc) is 2.36. The molecule has 0 heterocycles. The molecular formula is C12H16N2O5S. The minimum absolute atomic E-state index is 0.0504. The van der Waals surface area contributed by atoms with Gasteiger partial charge in [0.15, 0.2) is 0 Å². The number of nitrogens with one attached hydrogen (secondary N) is 2. The molecule has 110 valence electrons. The Morgan fingerprint density at radius 2 is 1.80 bits per heavy atom. The van der Waals surface area contributed by atoms with Gasteiger partial charge in [-0.25, -0.2) is 13.1 Å². The molecule has 0 aliphatic heterocycles. The third kappa shape index (κ3) is 5.37. The second-order valence-electron chi connectivity index (χ2n) is 4.10. The van der Waals surface area contributed by atoms with Crippen LogP contribution in [0.25, 0.3) is 0 Å². The number of carbonyl (C=O) groups excluding carboxylic acids is 1. The normalized spacial score (nSPS) is 11.1. The highest BCUT2D eigenvalue weighted by Crippen LogP contribution is 2.10. The number of benzene rings is 1. The smallest absolute Gasteiger partial charge is 0.304 e. The van der Waals surface area contributed by atoms with Gasteiger partial charge in [-0.05, 0) is 17.7 Å². The number of amides is 1. The molecule has 0 aliphatic carbocycles. The van der Waals surface area contributed by atoms with Gasteiger partial charge in [-0.2, -0.15) is 0 Å². The zero-order valence-corrected chi connectivity index (χ0v) is 11.7. The lowest BCUT2D eigenvalue weighted by atomic mass is 10.2. The second-order valence-corrected chi connectivity index (χ2v) is 5.86. The van der Waals surface area contributed by atoms with Crippen LogP contribution in [-0.4, -0.2) is 31.9 Å². The molecule has 1 rings (SSSR count). The van der Waals surface area contributed by atoms with Gasteiger partial charge in [0, 0.05) is 20.0 Å². The number of hydrogen-bond acceptors (Lipinski definition) is 4. The SMILES string of the molecule is CC(=O)NCc1ccc(S(=O)(=O)NCCC(=O)O)cc1. The Balaban J connectivity index is 2.66. The van der Waals surface area contributed by atoms with Crippen LogP contribution in [0.15, 0.2) is 29.2 Å². The highest BCUT2D eigenvalue weighted by molar-refractivity contribution is 7.89. The molecular weight excluding hydrogens is 284 g/mol. The predicted molar refractivity (Wildman–Crippen MR) is 71.4 cm³/mol. The zero-order valence-electron chi connectivity index (χ0n) is 10.9. The molecule has 1 amide bonds. The van der Waals surface area contributed by atoms with E-state index in [0.717, 1.165) is 5.56 Å². The summed E-state index contributed by atoms with van der Waals surface area (Å²) in [5, 5.41) is 11.0. The molecule has 8 heteroatoms. The van der Waals surface area contributed by atoms with Crippen LogP contribution in [0.1, 0.15) is 18.9 Å². The van der Waals surface area contributed by atoms with Crippen LogP contribution in [0, 0.1) is 0 Å². The molecule has 1 aromatic carbocycles. The molecule has 0 saturated carbocycles. The number of carbonyl (C=O) groups is 2. The van der Waals surface area contributed by atoms with E-state index in [1.54, 1.807) is 12.1 Å². The molecule has 7 nitrogen and oxygen atoms in total. The van der Waals surface area contributed by atoms with Crippen molar-refractivity contribution in [3.8, 4) is 0 Å². The van der Waals surface area contributed by atoms with Gasteiger partial charge in [0.25, 0.3) is 0 Å². The maximum Gasteiger partial charge on any atom is 0.304 e. The third-order valence-corrected chi connectivity index (χ3v) is 3.88. The van der Waals surface area contributed by atoms with Gasteiger partial charge in [-0.1, -0.05) is 12.1 Å². The Labute approximate surface area is 117 Å². The Morgan fingerprint density at radius 3 is 2.30 bits per heavy atom. The van der Waals surface area contributed by atoms with E-state index in [2.05, 4.69) is 10.0 Å². The Kier molecular flexibility index (Phi) is 5.66. The standard InChI is InChI=1S/C12H16N2O5S/c1-9(15)13-8-10-2-4-11(5-3-10)20(18,19)14-7-6-12(16)17/h2-5,14H,6-8H2,1H3,(H,13,15)(H,16,17). The molecule has 0 spiro atoms. The lowest BCUT2D eigenvalue weighted by Gasteiger charge is -2.07. The largest absolute Gasteiger partial charge is 0.481 e. The Bertz CT molecular complexity index is 580. The van der Waals surface area contributed by atoms with Crippen molar-refractivity contribution in [2.24, 2.45) is 0 Å². The van der Waals surface area contributed by atoms with Crippen LogP contribution in [0.4, 0.5) is 0 Å². The topological polar surface area (TPSA) is 113 Å². The van der Waals surface area contributed by atoms with E-state index in [0.29, 0.717) is 6.54 Å². The van der Waals surface area contributed by atoms with Crippen molar-refractivity contribution in [2.75, 3.05) is 6.54 Å². The summed E-state index contributed by atoms with van der Waals surface area (Å²) >= 11 is 0. The summed E-state index contributed by atoms with van der Waals surface area (Å²) in [6.07, 6.45) is -0.278. The van der Waals surface area contributed by atoms with Crippen molar-refractivity contribution in [2.45, 2.75) is 24.8 Å². The first-order chi connectivity index (χ1) is 9.31. The molecule has 0 bridgehead atoms. The van der Waals surface area contributed by atoms with Crippen molar-refractivity contribution in [1.82, 2.24) is 10.0 Å². The summed E-state index contributed by atoms with van der Waals surface area (Å²) in [6.45, 7) is 1.55. The minimum Gasteiger partial charge on any atom is -0.481 e. The first-order valence-corrected chi connectivity index (χ1v) is 7.34. The van der Waals surface area contributed by atoms with E-state index < -0.39 is 16.0 Å². The number of carboxylic acid groups (broad SMARTS) is 1. The van der Waals surface area contributed by atoms with E-state index in [1.165, 1.54) is 19.1 Å². The second kappa shape index (κ2) is 7.01. The summed E-state index contributed by atoms with van der Waals surface area (Å²) in [5.41, 5.74) is 0.768. The number of rotatable bonds is 7. The fraction of sp³-hybridized carbons (Fsp3) is 0.333. The van der Waals surface area contributed by atoms with Gasteiger partial charge < -0.3 is 10.4 Å². The quantitative estimate of drug-likeness (QED) is 0.660. The van der Waals surface area contributed by atoms with Crippen molar-refractivity contribution < 1.29 is 23.1 Å². The molecule has 0 atom stereocenters. The minimum atomic E-state index is -3.70. The summed E-state index contributed by atoms with van der Waals surface area (Å²) in [6, 6.07) is 5.98. The van der Waals surface area contributed by atoms with Gasteiger partial charge in [0.2, 0.25) is 15.9 Å². The van der Waals surface area contributed by atoms with Crippen LogP contribution in [0.3, 0.4) is 0 Å². The summed E-state index contributed by atoms with van der Waals surface area (Å²) < 4.78 is 25.8. The summed E-state index contributed by atoms with van der Waals surface area (Å²) in [4.78, 5) is 21.1. The molecule has 20 heavy (non-hydrogen) atoms. The van der Waals surface area contributed by atoms with Crippen LogP contribution < -0.4 is 10.0 Å². The van der Waals surface area contributed by atoms with Crippen molar-refractivity contribution in [3.63, 3.8) is 0 Å². The van der Waals surface area contributed by atoms with Gasteiger partial charge in [-0.3, -0.25) is 9.59 Å². The molecule has 0 fully saturated rings. The highest BCUT2D eigenvalue weighted by Gasteiger charge is 2.13. The van der Waals surface area contributed by atoms with E-state index in [4.69, 9.17) is 5.11 Å². The van der Waals surface area contributed by atoms with Crippen molar-refractivity contribution in [1.29, 1.82) is 0 Å². The molecule has 3 N–H and O–H groups in total. The van der Waals surface area contributed by atoms with Crippen LogP contribution in [-0.2, 0) is 26.2 Å². The lowest BCUT2D eigenvalue weighted by Crippen LogP contribution is -2.26. The summed E-state index contributed by atoms with van der Waals surface area (Å²) in [7, 11) is -3.70. The number of sulfonamides is 1. The highest BCUT2D eigenvalue weighted by atomic mass is 32.2. The van der Waals surface area contributed by atoms with Gasteiger partial charge in [0.1, 0.15) is 0 Å². The molecule has 0 radical (unpaired) electrons. The van der Waals surface area contributed by atoms with Gasteiger partial charge >= 0.3 is 5.97 Å². The third-order valence-electron chi connectivity index (χ3n) is 2.41. The van der Waals surface area contributed by atoms with E-state index in [1.807, 2.05) is 0 Å². The van der Waals surface area contributed by atoms with Crippen LogP contribution >= 0.6 is 0 Å². The fourth-order valence-electron chi connectivity index (χ4n) is 1.39. The number of carboxylic acids is 1. The average molecular weight is 300 g/mol. The maximum atomic E-state index is 11.8. The molecule has 0 unspecified atom stereocenters. The molecule has 0 aromatic heterocycles. The first kappa shape index (κ1) is 16.1. The summed E-state index contributed by atoms with van der Waals surface area (Å²) in [5.74, 6) is -1.24. The molecule has 0 aliphatic rings. The Hall–Kier alpha value is -1.93.